The zero-order valence-electron chi connectivity index (χ0n) is 18.7. The molecular formula is C24H33N3O4. The molecule has 7 heteroatoms. The number of hydrogen-bond donors (Lipinski definition) is 1. The zero-order valence-corrected chi connectivity index (χ0v) is 18.7. The van der Waals surface area contributed by atoms with Crippen molar-refractivity contribution < 1.29 is 19.0 Å². The molecule has 0 radical (unpaired) electrons. The Morgan fingerprint density at radius 1 is 0.935 bits per heavy atom. The summed E-state index contributed by atoms with van der Waals surface area (Å²) in [6.07, 6.45) is 0. The highest BCUT2D eigenvalue weighted by Crippen LogP contribution is 2.25. The van der Waals surface area contributed by atoms with Crippen LogP contribution in [0.25, 0.3) is 0 Å². The Bertz CT molecular complexity index is 850. The fourth-order valence-electron chi connectivity index (χ4n) is 3.73. The minimum Gasteiger partial charge on any atom is -0.496 e. The number of ether oxygens (including phenoxy) is 3. The first-order valence-electron chi connectivity index (χ1n) is 10.7. The summed E-state index contributed by atoms with van der Waals surface area (Å²) >= 11 is 0. The van der Waals surface area contributed by atoms with Gasteiger partial charge in [0.05, 0.1) is 27.3 Å². The van der Waals surface area contributed by atoms with Crippen LogP contribution in [0, 0.1) is 6.92 Å². The molecule has 0 aliphatic carbocycles. The highest BCUT2D eigenvalue weighted by atomic mass is 16.5. The van der Waals surface area contributed by atoms with Gasteiger partial charge in [-0.2, -0.15) is 0 Å². The molecule has 0 atom stereocenters. The first-order valence-corrected chi connectivity index (χ1v) is 10.7. The Morgan fingerprint density at radius 3 is 2.32 bits per heavy atom. The van der Waals surface area contributed by atoms with Gasteiger partial charge in [0.2, 0.25) is 5.91 Å². The third-order valence-corrected chi connectivity index (χ3v) is 5.41. The molecule has 168 valence electrons. The summed E-state index contributed by atoms with van der Waals surface area (Å²) in [7, 11) is 3.33. The third kappa shape index (κ3) is 6.87. The second kappa shape index (κ2) is 11.6. The fourth-order valence-corrected chi connectivity index (χ4v) is 3.73. The predicted molar refractivity (Wildman–Crippen MR) is 121 cm³/mol. The summed E-state index contributed by atoms with van der Waals surface area (Å²) < 4.78 is 16.5. The van der Waals surface area contributed by atoms with Crippen molar-refractivity contribution in [2.45, 2.75) is 13.5 Å². The van der Waals surface area contributed by atoms with E-state index in [1.807, 2.05) is 30.3 Å². The highest BCUT2D eigenvalue weighted by Gasteiger charge is 2.20. The topological polar surface area (TPSA) is 63.3 Å². The third-order valence-electron chi connectivity index (χ3n) is 5.41. The van der Waals surface area contributed by atoms with E-state index >= 15 is 0 Å². The number of piperazine rings is 1. The lowest BCUT2D eigenvalue weighted by Crippen LogP contribution is -2.49. The molecule has 0 spiro atoms. The van der Waals surface area contributed by atoms with Crippen molar-refractivity contribution in [1.82, 2.24) is 15.1 Å². The van der Waals surface area contributed by atoms with E-state index in [9.17, 15) is 4.79 Å². The number of amides is 1. The van der Waals surface area contributed by atoms with E-state index in [1.54, 1.807) is 14.2 Å². The lowest BCUT2D eigenvalue weighted by atomic mass is 10.1. The average Bonchev–Trinajstić information content (AvgIpc) is 2.78. The molecule has 31 heavy (non-hydrogen) atoms. The van der Waals surface area contributed by atoms with Gasteiger partial charge in [0.25, 0.3) is 0 Å². The van der Waals surface area contributed by atoms with Crippen LogP contribution in [-0.4, -0.2) is 75.8 Å². The maximum atomic E-state index is 12.3. The SMILES string of the molecule is COc1ccc(C)cc1CN1CCN(CC(=O)NCCOc2ccccc2OC)CC1. The molecule has 1 aliphatic heterocycles. The van der Waals surface area contributed by atoms with Crippen molar-refractivity contribution in [2.24, 2.45) is 0 Å². The Morgan fingerprint density at radius 2 is 1.61 bits per heavy atom. The molecular weight excluding hydrogens is 394 g/mol. The number of carbonyl (C=O) groups excluding carboxylic acids is 1. The summed E-state index contributed by atoms with van der Waals surface area (Å²) in [5.41, 5.74) is 2.45. The molecule has 0 unspecified atom stereocenters. The summed E-state index contributed by atoms with van der Waals surface area (Å²) in [6.45, 7) is 7.85. The number of hydrogen-bond acceptors (Lipinski definition) is 6. The van der Waals surface area contributed by atoms with E-state index in [4.69, 9.17) is 14.2 Å². The Balaban J connectivity index is 1.35. The fraction of sp³-hybridized carbons (Fsp3) is 0.458. The Kier molecular flexibility index (Phi) is 8.55. The van der Waals surface area contributed by atoms with Crippen molar-refractivity contribution in [1.29, 1.82) is 0 Å². The van der Waals surface area contributed by atoms with E-state index in [1.165, 1.54) is 11.1 Å². The highest BCUT2D eigenvalue weighted by molar-refractivity contribution is 5.78. The maximum Gasteiger partial charge on any atom is 0.234 e. The maximum absolute atomic E-state index is 12.3. The predicted octanol–water partition coefficient (Wildman–Crippen LogP) is 2.33. The molecule has 0 saturated carbocycles. The Labute approximate surface area is 184 Å². The molecule has 1 saturated heterocycles. The van der Waals surface area contributed by atoms with E-state index in [2.05, 4.69) is 34.2 Å². The number of nitrogens with one attached hydrogen (secondary N) is 1. The van der Waals surface area contributed by atoms with Gasteiger partial charge < -0.3 is 19.5 Å². The van der Waals surface area contributed by atoms with Gasteiger partial charge in [-0.15, -0.1) is 0 Å². The summed E-state index contributed by atoms with van der Waals surface area (Å²) in [5, 5.41) is 2.93. The molecule has 2 aromatic rings. The minimum atomic E-state index is 0.0254. The van der Waals surface area contributed by atoms with Gasteiger partial charge >= 0.3 is 0 Å². The van der Waals surface area contributed by atoms with Crippen molar-refractivity contribution in [2.75, 3.05) is 60.1 Å². The molecule has 7 nitrogen and oxygen atoms in total. The van der Waals surface area contributed by atoms with Crippen molar-refractivity contribution in [3.05, 3.63) is 53.6 Å². The van der Waals surface area contributed by atoms with Crippen LogP contribution in [0.4, 0.5) is 0 Å². The number of para-hydroxylation sites is 2. The number of rotatable bonds is 10. The number of nitrogens with zero attached hydrogens (tertiary/aromatic N) is 2. The largest absolute Gasteiger partial charge is 0.496 e. The van der Waals surface area contributed by atoms with Crippen LogP contribution in [0.5, 0.6) is 17.2 Å². The summed E-state index contributed by atoms with van der Waals surface area (Å²) in [4.78, 5) is 16.9. The molecule has 3 rings (SSSR count). The van der Waals surface area contributed by atoms with E-state index < -0.39 is 0 Å². The van der Waals surface area contributed by atoms with Crippen molar-refractivity contribution in [3.8, 4) is 17.2 Å². The summed E-state index contributed by atoms with van der Waals surface area (Å²) in [6, 6.07) is 13.8. The number of carbonyl (C=O) groups is 1. The molecule has 1 fully saturated rings. The van der Waals surface area contributed by atoms with Crippen molar-refractivity contribution in [3.63, 3.8) is 0 Å². The molecule has 2 aromatic carbocycles. The number of benzene rings is 2. The zero-order chi connectivity index (χ0) is 22.1. The van der Waals surface area contributed by atoms with Crippen molar-refractivity contribution >= 4 is 5.91 Å². The van der Waals surface area contributed by atoms with Crippen LogP contribution in [0.3, 0.4) is 0 Å². The minimum absolute atomic E-state index is 0.0254. The van der Waals surface area contributed by atoms with Crippen LogP contribution >= 0.6 is 0 Å². The smallest absolute Gasteiger partial charge is 0.234 e. The lowest BCUT2D eigenvalue weighted by molar-refractivity contribution is -0.122. The molecule has 0 bridgehead atoms. The molecule has 0 aromatic heterocycles. The molecule has 1 amide bonds. The van der Waals surface area contributed by atoms with E-state index in [-0.39, 0.29) is 5.91 Å². The normalized spacial score (nSPS) is 14.8. The van der Waals surface area contributed by atoms with Crippen LogP contribution in [-0.2, 0) is 11.3 Å². The average molecular weight is 428 g/mol. The molecule has 1 aliphatic rings. The lowest BCUT2D eigenvalue weighted by Gasteiger charge is -2.34. The van der Waals surface area contributed by atoms with Gasteiger partial charge in [-0.3, -0.25) is 14.6 Å². The molecule has 1 heterocycles. The van der Waals surface area contributed by atoms with Gasteiger partial charge in [0.1, 0.15) is 12.4 Å². The van der Waals surface area contributed by atoms with Crippen LogP contribution in [0.1, 0.15) is 11.1 Å². The van der Waals surface area contributed by atoms with Gasteiger partial charge in [-0.1, -0.05) is 29.8 Å². The van der Waals surface area contributed by atoms with E-state index in [0.717, 1.165) is 38.5 Å². The first kappa shape index (κ1) is 22.9. The standard InChI is InChI=1S/C24H33N3O4/c1-19-8-9-21(29-2)20(16-19)17-26-11-13-27(14-12-26)18-24(28)25-10-15-31-23-7-5-4-6-22(23)30-3/h4-9,16H,10-15,17-18H2,1-3H3,(H,25,28). The second-order valence-corrected chi connectivity index (χ2v) is 7.72. The van der Waals surface area contributed by atoms with E-state index in [0.29, 0.717) is 31.2 Å². The second-order valence-electron chi connectivity index (χ2n) is 7.72. The van der Waals surface area contributed by atoms with Gasteiger partial charge in [-0.05, 0) is 25.1 Å². The van der Waals surface area contributed by atoms with Gasteiger partial charge in [0.15, 0.2) is 11.5 Å². The summed E-state index contributed by atoms with van der Waals surface area (Å²) in [5.74, 6) is 2.33. The Hall–Kier alpha value is -2.77. The monoisotopic (exact) mass is 427 g/mol. The molecule has 1 N–H and O–H groups in total. The van der Waals surface area contributed by atoms with Crippen LogP contribution in [0.2, 0.25) is 0 Å². The van der Waals surface area contributed by atoms with Crippen LogP contribution < -0.4 is 19.5 Å². The first-order chi connectivity index (χ1) is 15.1. The quantitative estimate of drug-likeness (QED) is 0.587. The van der Waals surface area contributed by atoms with Gasteiger partial charge in [-0.25, -0.2) is 0 Å². The van der Waals surface area contributed by atoms with Crippen LogP contribution in [0.15, 0.2) is 42.5 Å². The number of aryl methyl sites for hydroxylation is 1. The number of methoxy groups -OCH3 is 2. The van der Waals surface area contributed by atoms with Gasteiger partial charge in [0, 0.05) is 38.3 Å².